The lowest BCUT2D eigenvalue weighted by Crippen LogP contribution is -2.37. The van der Waals surface area contributed by atoms with Gasteiger partial charge in [-0.2, -0.15) is 11.9 Å². The van der Waals surface area contributed by atoms with E-state index in [9.17, 15) is 25.5 Å². The Hall–Kier alpha value is -3.81. The van der Waals surface area contributed by atoms with Crippen LogP contribution in [0, 0.1) is 29.6 Å². The van der Waals surface area contributed by atoms with Gasteiger partial charge in [0.2, 0.25) is 0 Å². The summed E-state index contributed by atoms with van der Waals surface area (Å²) in [5.74, 6) is 6.48. The third-order valence-corrected chi connectivity index (χ3v) is 9.77. The molecule has 0 bridgehead atoms. The number of aromatic hydroxyl groups is 1. The van der Waals surface area contributed by atoms with E-state index in [1.165, 1.54) is 0 Å². The molecule has 7 N–H and O–H groups in total. The van der Waals surface area contributed by atoms with Gasteiger partial charge >= 0.3 is 0 Å². The van der Waals surface area contributed by atoms with Crippen LogP contribution in [0.2, 0.25) is 0 Å². The maximum atomic E-state index is 11.5. The lowest BCUT2D eigenvalue weighted by molar-refractivity contribution is -0.00876. The Morgan fingerprint density at radius 2 is 1.89 bits per heavy atom. The first-order valence-electron chi connectivity index (χ1n) is 16.9. The summed E-state index contributed by atoms with van der Waals surface area (Å²) in [6, 6.07) is 12.5. The quantitative estimate of drug-likeness (QED) is 0.131. The minimum absolute atomic E-state index is 0.106. The fraction of sp³-hybridized carbons (Fsp3) is 0.500. The number of ether oxygens (including phenoxy) is 1. The number of nitrogen functional groups attached to an aromatic ring is 1. The van der Waals surface area contributed by atoms with Crippen LogP contribution in [0.3, 0.4) is 0 Å². The number of nitrogens with zero attached hydrogens (tertiary/aromatic N) is 2. The van der Waals surface area contributed by atoms with Crippen LogP contribution in [-0.4, -0.2) is 61.5 Å². The molecule has 3 aromatic rings. The molecular weight excluding hydrogens is 594 g/mol. The monoisotopic (exact) mass is 642 g/mol. The van der Waals surface area contributed by atoms with Crippen LogP contribution < -0.4 is 15.5 Å². The Balaban J connectivity index is 1.40. The van der Waals surface area contributed by atoms with E-state index in [-0.39, 0.29) is 29.3 Å². The van der Waals surface area contributed by atoms with Crippen molar-refractivity contribution in [3.05, 3.63) is 83.8 Å². The molecule has 0 amide bonds. The van der Waals surface area contributed by atoms with Gasteiger partial charge in [0.25, 0.3) is 0 Å². The molecule has 2 aliphatic rings. The van der Waals surface area contributed by atoms with Gasteiger partial charge in [0, 0.05) is 29.9 Å². The lowest BCUT2D eigenvalue weighted by atomic mass is 9.79. The second kappa shape index (κ2) is 16.3. The van der Waals surface area contributed by atoms with Crippen LogP contribution in [0.4, 0.5) is 5.82 Å². The van der Waals surface area contributed by atoms with Gasteiger partial charge < -0.3 is 41.0 Å². The zero-order chi connectivity index (χ0) is 33.3. The molecule has 1 aromatic carbocycles. The fourth-order valence-electron chi connectivity index (χ4n) is 7.00. The third-order valence-electron chi connectivity index (χ3n) is 9.77. The summed E-state index contributed by atoms with van der Waals surface area (Å²) in [6.07, 6.45) is 9.61. The molecule has 0 spiro atoms. The maximum absolute atomic E-state index is 11.5. The number of phenolic OH excluding ortho intramolecular Hbond substituents is 1. The highest BCUT2D eigenvalue weighted by molar-refractivity contribution is 5.44. The van der Waals surface area contributed by atoms with Crippen LogP contribution in [-0.2, 0) is 6.42 Å². The maximum Gasteiger partial charge on any atom is 0.161 e. The van der Waals surface area contributed by atoms with Crippen molar-refractivity contribution in [1.29, 1.82) is 0 Å². The third kappa shape index (κ3) is 8.96. The molecule has 2 aromatic heterocycles. The Morgan fingerprint density at radius 3 is 2.64 bits per heavy atom. The number of nitrogens with two attached hydrogens (primary N) is 1. The SMILES string of the molecule is CCC1C#CC2C=CC(c3ccc(O)c(OC(CC(Cc4ccc[n-]4)c4ccnc(N)c4)C(O)CO)c3)CC(O)C2C(O)CCCC1. The van der Waals surface area contributed by atoms with Crippen molar-refractivity contribution in [3.8, 4) is 23.3 Å². The van der Waals surface area contributed by atoms with Gasteiger partial charge in [-0.05, 0) is 79.8 Å². The standard InChI is InChI=1S/C38H48N3O6/c1-2-24-6-3-4-8-32(44)38-25(10-9-24)11-12-26(19-33(38)45)27-13-14-31(43)35(20-27)47-36(34(46)23-42)21-29(18-30-7-5-16-40-30)28-15-17-41-37(39)22-28/h5,7,11-17,20,22,24-26,29,32-34,36,38,42-46H,2-4,6,8,18-19,21,23H2,1H3,(H2,39,41)/q-1. The first-order chi connectivity index (χ1) is 22.7. The van der Waals surface area contributed by atoms with Crippen molar-refractivity contribution < 1.29 is 30.3 Å². The molecule has 9 heteroatoms. The summed E-state index contributed by atoms with van der Waals surface area (Å²) in [7, 11) is 0. The van der Waals surface area contributed by atoms with Crippen molar-refractivity contribution in [1.82, 2.24) is 9.97 Å². The number of benzene rings is 1. The molecule has 0 aliphatic heterocycles. The Kier molecular flexibility index (Phi) is 12.0. The number of rotatable bonds is 11. The first-order valence-corrected chi connectivity index (χ1v) is 16.9. The highest BCUT2D eigenvalue weighted by Crippen LogP contribution is 2.40. The van der Waals surface area contributed by atoms with E-state index >= 15 is 0 Å². The van der Waals surface area contributed by atoms with E-state index in [0.717, 1.165) is 42.5 Å². The van der Waals surface area contributed by atoms with E-state index in [1.54, 1.807) is 36.7 Å². The summed E-state index contributed by atoms with van der Waals surface area (Å²) in [5.41, 5.74) is 8.57. The topological polar surface area (TPSA) is 163 Å². The van der Waals surface area contributed by atoms with Crippen LogP contribution in [0.25, 0.3) is 0 Å². The number of phenols is 1. The molecule has 0 radical (unpaired) electrons. The average molecular weight is 643 g/mol. The summed E-state index contributed by atoms with van der Waals surface area (Å²) in [4.78, 5) is 8.53. The van der Waals surface area contributed by atoms with Crippen molar-refractivity contribution in [2.45, 2.75) is 94.5 Å². The average Bonchev–Trinajstić information content (AvgIpc) is 3.52. The highest BCUT2D eigenvalue weighted by Gasteiger charge is 2.36. The number of fused-ring (bicyclic) bond motifs is 1. The van der Waals surface area contributed by atoms with E-state index in [4.69, 9.17) is 10.5 Å². The van der Waals surface area contributed by atoms with Gasteiger partial charge in [0.1, 0.15) is 18.0 Å². The van der Waals surface area contributed by atoms with Crippen LogP contribution in [0.15, 0.2) is 67.0 Å². The molecular formula is C38H48N3O6-. The summed E-state index contributed by atoms with van der Waals surface area (Å²) >= 11 is 0. The predicted molar refractivity (Wildman–Crippen MR) is 181 cm³/mol. The zero-order valence-electron chi connectivity index (χ0n) is 27.0. The van der Waals surface area contributed by atoms with Crippen LogP contribution in [0.1, 0.15) is 80.5 Å². The fourth-order valence-corrected chi connectivity index (χ4v) is 7.00. The normalized spacial score (nSPS) is 26.6. The molecule has 0 saturated carbocycles. The van der Waals surface area contributed by atoms with Gasteiger partial charge in [-0.15, -0.1) is 0 Å². The second-order valence-electron chi connectivity index (χ2n) is 13.1. The molecule has 0 saturated heterocycles. The number of hydrogen-bond acceptors (Lipinski definition) is 8. The van der Waals surface area contributed by atoms with Gasteiger partial charge in [-0.25, -0.2) is 4.98 Å². The van der Waals surface area contributed by atoms with E-state index in [2.05, 4.69) is 28.7 Å². The largest absolute Gasteiger partial charge is 0.668 e. The number of pyridine rings is 1. The number of allylic oxidation sites excluding steroid dienone is 2. The molecule has 0 fully saturated rings. The molecule has 47 heavy (non-hydrogen) atoms. The predicted octanol–water partition coefficient (Wildman–Crippen LogP) is 4.45. The summed E-state index contributed by atoms with van der Waals surface area (Å²) in [5, 5.41) is 54.4. The Labute approximate surface area is 277 Å². The number of anilines is 1. The lowest BCUT2D eigenvalue weighted by Gasteiger charge is -2.31. The zero-order valence-corrected chi connectivity index (χ0v) is 27.0. The van der Waals surface area contributed by atoms with Gasteiger partial charge in [-0.1, -0.05) is 62.0 Å². The first kappa shape index (κ1) is 34.5. The number of aliphatic hydroxyl groups is 4. The molecule has 2 aliphatic carbocycles. The summed E-state index contributed by atoms with van der Waals surface area (Å²) < 4.78 is 6.31. The van der Waals surface area contributed by atoms with Crippen molar-refractivity contribution >= 4 is 5.82 Å². The molecule has 5 rings (SSSR count). The molecule has 252 valence electrons. The number of aliphatic hydroxyl groups excluding tert-OH is 4. The Bertz CT molecular complexity index is 1520. The number of aromatic nitrogens is 2. The van der Waals surface area contributed by atoms with E-state index in [0.29, 0.717) is 37.4 Å². The molecule has 2 heterocycles. The van der Waals surface area contributed by atoms with Crippen LogP contribution in [0.5, 0.6) is 11.5 Å². The minimum Gasteiger partial charge on any atom is -0.668 e. The van der Waals surface area contributed by atoms with Gasteiger partial charge in [0.05, 0.1) is 18.8 Å². The molecule has 9 atom stereocenters. The number of hydrogen-bond donors (Lipinski definition) is 6. The summed E-state index contributed by atoms with van der Waals surface area (Å²) in [6.45, 7) is 1.61. The van der Waals surface area contributed by atoms with Gasteiger partial charge in [-0.3, -0.25) is 0 Å². The minimum atomic E-state index is -1.23. The van der Waals surface area contributed by atoms with Crippen LogP contribution >= 0.6 is 0 Å². The van der Waals surface area contributed by atoms with Crippen molar-refractivity contribution in [2.75, 3.05) is 12.3 Å². The van der Waals surface area contributed by atoms with Gasteiger partial charge in [0.15, 0.2) is 11.5 Å². The van der Waals surface area contributed by atoms with E-state index < -0.39 is 36.9 Å². The second-order valence-corrected chi connectivity index (χ2v) is 13.1. The smallest absolute Gasteiger partial charge is 0.161 e. The molecule has 9 unspecified atom stereocenters. The van der Waals surface area contributed by atoms with Crippen molar-refractivity contribution in [3.63, 3.8) is 0 Å². The van der Waals surface area contributed by atoms with E-state index in [1.807, 2.05) is 30.4 Å². The van der Waals surface area contributed by atoms with Crippen molar-refractivity contribution in [2.24, 2.45) is 17.8 Å². The highest BCUT2D eigenvalue weighted by atomic mass is 16.5. The Morgan fingerprint density at radius 1 is 1.06 bits per heavy atom. The molecule has 9 nitrogen and oxygen atoms in total.